The molecule has 0 spiro atoms. The molecule has 1 aromatic rings. The van der Waals surface area contributed by atoms with E-state index in [0.29, 0.717) is 5.02 Å². The molecule has 3 heteroatoms. The lowest BCUT2D eigenvalue weighted by Crippen LogP contribution is -2.36. The number of ether oxygens (including phenoxy) is 1. The van der Waals surface area contributed by atoms with Gasteiger partial charge in [-0.1, -0.05) is 23.7 Å². The third kappa shape index (κ3) is 1.95. The highest BCUT2D eigenvalue weighted by Gasteiger charge is 2.12. The number of morpholine rings is 1. The molecular formula is C10H11ClNO. The SMILES string of the molecule is Clc1[c]cccc1N1CCOCC1. The van der Waals surface area contributed by atoms with Crippen LogP contribution in [0.1, 0.15) is 0 Å². The largest absolute Gasteiger partial charge is 0.378 e. The Hall–Kier alpha value is -0.730. The van der Waals surface area contributed by atoms with E-state index in [1.54, 1.807) is 0 Å². The maximum absolute atomic E-state index is 6.02. The first-order chi connectivity index (χ1) is 6.38. The molecule has 0 amide bonds. The monoisotopic (exact) mass is 196 g/mol. The second kappa shape index (κ2) is 3.99. The fourth-order valence-corrected chi connectivity index (χ4v) is 1.70. The highest BCUT2D eigenvalue weighted by atomic mass is 35.5. The van der Waals surface area contributed by atoms with Crippen molar-refractivity contribution in [1.82, 2.24) is 0 Å². The molecule has 13 heavy (non-hydrogen) atoms. The Balaban J connectivity index is 2.18. The van der Waals surface area contributed by atoms with Crippen molar-refractivity contribution in [3.63, 3.8) is 0 Å². The first kappa shape index (κ1) is 8.85. The van der Waals surface area contributed by atoms with Crippen LogP contribution >= 0.6 is 11.6 Å². The third-order valence-electron chi connectivity index (χ3n) is 2.14. The zero-order valence-corrected chi connectivity index (χ0v) is 8.05. The molecule has 2 nitrogen and oxygen atoms in total. The van der Waals surface area contributed by atoms with Crippen molar-refractivity contribution in [3.05, 3.63) is 29.3 Å². The Morgan fingerprint density at radius 2 is 2.15 bits per heavy atom. The van der Waals surface area contributed by atoms with Crippen molar-refractivity contribution >= 4 is 17.3 Å². The van der Waals surface area contributed by atoms with Crippen molar-refractivity contribution in [2.45, 2.75) is 0 Å². The summed E-state index contributed by atoms with van der Waals surface area (Å²) in [6.07, 6.45) is 0. The molecule has 1 radical (unpaired) electrons. The summed E-state index contributed by atoms with van der Waals surface area (Å²) in [7, 11) is 0. The molecule has 0 bridgehead atoms. The lowest BCUT2D eigenvalue weighted by Gasteiger charge is -2.29. The molecule has 0 N–H and O–H groups in total. The van der Waals surface area contributed by atoms with Crippen LogP contribution in [0.5, 0.6) is 0 Å². The molecule has 69 valence electrons. The van der Waals surface area contributed by atoms with Crippen molar-refractivity contribution in [2.24, 2.45) is 0 Å². The number of halogens is 1. The van der Waals surface area contributed by atoms with Gasteiger partial charge in [0.2, 0.25) is 0 Å². The lowest BCUT2D eigenvalue weighted by atomic mass is 10.2. The van der Waals surface area contributed by atoms with E-state index in [1.165, 1.54) is 0 Å². The summed E-state index contributed by atoms with van der Waals surface area (Å²) in [6.45, 7) is 3.39. The molecule has 2 rings (SSSR count). The van der Waals surface area contributed by atoms with Gasteiger partial charge in [-0.3, -0.25) is 0 Å². The Labute approximate surface area is 83.1 Å². The van der Waals surface area contributed by atoms with E-state index in [1.807, 2.05) is 18.2 Å². The van der Waals surface area contributed by atoms with Crippen molar-refractivity contribution in [3.8, 4) is 0 Å². The molecule has 0 unspecified atom stereocenters. The fraction of sp³-hybridized carbons (Fsp3) is 0.400. The third-order valence-corrected chi connectivity index (χ3v) is 2.44. The summed E-state index contributed by atoms with van der Waals surface area (Å²) in [6, 6.07) is 8.78. The molecule has 0 atom stereocenters. The first-order valence-electron chi connectivity index (χ1n) is 4.37. The first-order valence-corrected chi connectivity index (χ1v) is 4.74. The van der Waals surface area contributed by atoms with Gasteiger partial charge >= 0.3 is 0 Å². The number of hydrogen-bond donors (Lipinski definition) is 0. The Kier molecular flexibility index (Phi) is 2.71. The summed E-state index contributed by atoms with van der Waals surface area (Å²) < 4.78 is 5.27. The van der Waals surface area contributed by atoms with Gasteiger partial charge in [-0.2, -0.15) is 0 Å². The van der Waals surface area contributed by atoms with E-state index in [-0.39, 0.29) is 0 Å². The second-order valence-electron chi connectivity index (χ2n) is 2.97. The van der Waals surface area contributed by atoms with Gasteiger partial charge in [0.15, 0.2) is 0 Å². The van der Waals surface area contributed by atoms with Crippen LogP contribution in [0, 0.1) is 6.07 Å². The number of hydrogen-bond acceptors (Lipinski definition) is 2. The molecule has 1 saturated heterocycles. The van der Waals surface area contributed by atoms with Crippen LogP contribution in [-0.4, -0.2) is 26.3 Å². The zero-order chi connectivity index (χ0) is 9.10. The van der Waals surface area contributed by atoms with E-state index in [9.17, 15) is 0 Å². The maximum Gasteiger partial charge on any atom is 0.0718 e. The van der Waals surface area contributed by atoms with E-state index < -0.39 is 0 Å². The zero-order valence-electron chi connectivity index (χ0n) is 7.29. The van der Waals surface area contributed by atoms with Gasteiger partial charge in [0, 0.05) is 19.2 Å². The smallest absolute Gasteiger partial charge is 0.0718 e. The number of rotatable bonds is 1. The number of benzene rings is 1. The Bertz CT molecular complexity index is 284. The summed E-state index contributed by atoms with van der Waals surface area (Å²) in [5, 5.41) is 0.699. The minimum absolute atomic E-state index is 0.699. The predicted octanol–water partition coefficient (Wildman–Crippen LogP) is 1.98. The number of anilines is 1. The molecule has 0 saturated carbocycles. The van der Waals surface area contributed by atoms with Gasteiger partial charge in [0.25, 0.3) is 0 Å². The van der Waals surface area contributed by atoms with Gasteiger partial charge in [-0.05, 0) is 6.07 Å². The summed E-state index contributed by atoms with van der Waals surface area (Å²) in [4.78, 5) is 2.22. The molecular weight excluding hydrogens is 186 g/mol. The molecule has 0 aromatic heterocycles. The van der Waals surface area contributed by atoms with Crippen molar-refractivity contribution in [2.75, 3.05) is 31.2 Å². The summed E-state index contributed by atoms with van der Waals surface area (Å²) in [5.74, 6) is 0. The minimum Gasteiger partial charge on any atom is -0.378 e. The molecule has 0 aliphatic carbocycles. The predicted molar refractivity (Wildman–Crippen MR) is 53.3 cm³/mol. The molecule has 1 aliphatic heterocycles. The van der Waals surface area contributed by atoms with Gasteiger partial charge in [-0.25, -0.2) is 0 Å². The minimum atomic E-state index is 0.699. The quantitative estimate of drug-likeness (QED) is 0.681. The van der Waals surface area contributed by atoms with Gasteiger partial charge in [0.05, 0.1) is 23.9 Å². The standard InChI is InChI=1S/C10H11ClNO/c11-9-3-1-2-4-10(9)12-5-7-13-8-6-12/h1-2,4H,5-8H2. The Morgan fingerprint density at radius 3 is 2.85 bits per heavy atom. The van der Waals surface area contributed by atoms with Crippen LogP contribution in [-0.2, 0) is 4.74 Å². The van der Waals surface area contributed by atoms with E-state index >= 15 is 0 Å². The summed E-state index contributed by atoms with van der Waals surface area (Å²) >= 11 is 6.02. The normalized spacial score (nSPS) is 17.5. The van der Waals surface area contributed by atoms with E-state index in [0.717, 1.165) is 32.0 Å². The average molecular weight is 197 g/mol. The van der Waals surface area contributed by atoms with Crippen LogP contribution in [0.4, 0.5) is 5.69 Å². The number of nitrogens with zero attached hydrogens (tertiary/aromatic N) is 1. The topological polar surface area (TPSA) is 12.5 Å². The highest BCUT2D eigenvalue weighted by Crippen LogP contribution is 2.24. The van der Waals surface area contributed by atoms with E-state index in [4.69, 9.17) is 16.3 Å². The van der Waals surface area contributed by atoms with Gasteiger partial charge < -0.3 is 9.64 Å². The van der Waals surface area contributed by atoms with Gasteiger partial charge in [0.1, 0.15) is 0 Å². The Morgan fingerprint density at radius 1 is 1.38 bits per heavy atom. The fourth-order valence-electron chi connectivity index (χ4n) is 1.46. The summed E-state index contributed by atoms with van der Waals surface area (Å²) in [5.41, 5.74) is 1.06. The molecule has 1 heterocycles. The molecule has 1 aliphatic rings. The van der Waals surface area contributed by atoms with Crippen LogP contribution in [0.25, 0.3) is 0 Å². The maximum atomic E-state index is 6.02. The molecule has 1 fully saturated rings. The van der Waals surface area contributed by atoms with E-state index in [2.05, 4.69) is 11.0 Å². The molecule has 1 aromatic carbocycles. The average Bonchev–Trinajstić information content (AvgIpc) is 2.20. The van der Waals surface area contributed by atoms with Crippen LogP contribution in [0.3, 0.4) is 0 Å². The van der Waals surface area contributed by atoms with Crippen LogP contribution < -0.4 is 4.90 Å². The van der Waals surface area contributed by atoms with Crippen LogP contribution in [0.2, 0.25) is 5.02 Å². The highest BCUT2D eigenvalue weighted by molar-refractivity contribution is 6.33. The lowest BCUT2D eigenvalue weighted by molar-refractivity contribution is 0.122. The van der Waals surface area contributed by atoms with Crippen molar-refractivity contribution < 1.29 is 4.74 Å². The van der Waals surface area contributed by atoms with Crippen LogP contribution in [0.15, 0.2) is 18.2 Å². The second-order valence-corrected chi connectivity index (χ2v) is 3.35. The van der Waals surface area contributed by atoms with Gasteiger partial charge in [-0.15, -0.1) is 0 Å². The van der Waals surface area contributed by atoms with Crippen molar-refractivity contribution in [1.29, 1.82) is 0 Å².